The smallest absolute Gasteiger partial charge is 0.219 e. The fourth-order valence-corrected chi connectivity index (χ4v) is 3.17. The van der Waals surface area contributed by atoms with Gasteiger partial charge in [-0.05, 0) is 23.5 Å². The van der Waals surface area contributed by atoms with Gasteiger partial charge < -0.3 is 15.0 Å². The van der Waals surface area contributed by atoms with E-state index in [1.165, 1.54) is 11.1 Å². The number of hydrogen-bond donors (Lipinski definition) is 1. The van der Waals surface area contributed by atoms with E-state index in [-0.39, 0.29) is 5.91 Å². The summed E-state index contributed by atoms with van der Waals surface area (Å²) >= 11 is 0. The predicted octanol–water partition coefficient (Wildman–Crippen LogP) is 2.57. The number of carbonyl (C=O) groups excluding carboxylic acids is 1. The van der Waals surface area contributed by atoms with Crippen molar-refractivity contribution in [1.29, 1.82) is 0 Å². The molecule has 0 unspecified atom stereocenters. The fraction of sp³-hybridized carbons (Fsp3) is 0.611. The van der Waals surface area contributed by atoms with Gasteiger partial charge >= 0.3 is 0 Å². The maximum Gasteiger partial charge on any atom is 0.219 e. The minimum atomic E-state index is 0.200. The zero-order chi connectivity index (χ0) is 15.9. The first kappa shape index (κ1) is 17.0. The summed E-state index contributed by atoms with van der Waals surface area (Å²) in [6.07, 6.45) is 2.15. The molecule has 0 aromatic heterocycles. The molecule has 0 aliphatic carbocycles. The maximum atomic E-state index is 11.5. The molecule has 1 heterocycles. The second kappa shape index (κ2) is 8.30. The fourth-order valence-electron chi connectivity index (χ4n) is 3.17. The number of hydrogen-bond acceptors (Lipinski definition) is 3. The number of nitrogens with one attached hydrogen (secondary N) is 1. The van der Waals surface area contributed by atoms with Crippen LogP contribution in [-0.4, -0.2) is 37.0 Å². The summed E-state index contributed by atoms with van der Waals surface area (Å²) in [6.45, 7) is 7.18. The molecule has 1 amide bonds. The number of methoxy groups -OCH3 is 1. The molecule has 1 fully saturated rings. The van der Waals surface area contributed by atoms with Crippen molar-refractivity contribution in [3.05, 3.63) is 35.4 Å². The van der Waals surface area contributed by atoms with Crippen LogP contribution in [0.1, 0.15) is 37.8 Å². The maximum absolute atomic E-state index is 11.5. The van der Waals surface area contributed by atoms with Crippen molar-refractivity contribution in [1.82, 2.24) is 10.2 Å². The predicted molar refractivity (Wildman–Crippen MR) is 88.4 cm³/mol. The van der Waals surface area contributed by atoms with Crippen molar-refractivity contribution in [3.63, 3.8) is 0 Å². The van der Waals surface area contributed by atoms with E-state index in [0.29, 0.717) is 18.6 Å². The van der Waals surface area contributed by atoms with E-state index in [4.69, 9.17) is 4.74 Å². The molecule has 1 N–H and O–H groups in total. The van der Waals surface area contributed by atoms with Crippen molar-refractivity contribution in [2.75, 3.05) is 20.2 Å². The van der Waals surface area contributed by atoms with Gasteiger partial charge in [0.1, 0.15) is 0 Å². The molecule has 0 spiro atoms. The number of carbonyl (C=O) groups is 1. The van der Waals surface area contributed by atoms with Crippen LogP contribution in [0.15, 0.2) is 24.3 Å². The summed E-state index contributed by atoms with van der Waals surface area (Å²) < 4.78 is 5.13. The highest BCUT2D eigenvalue weighted by molar-refractivity contribution is 5.73. The highest BCUT2D eigenvalue weighted by atomic mass is 16.5. The molecule has 1 saturated heterocycles. The van der Waals surface area contributed by atoms with Gasteiger partial charge in [0.05, 0.1) is 6.61 Å². The second-order valence-corrected chi connectivity index (χ2v) is 6.16. The highest BCUT2D eigenvalue weighted by Crippen LogP contribution is 2.21. The Morgan fingerprint density at radius 3 is 2.59 bits per heavy atom. The molecule has 4 heteroatoms. The third-order valence-electron chi connectivity index (χ3n) is 4.61. The Labute approximate surface area is 133 Å². The van der Waals surface area contributed by atoms with Crippen LogP contribution in [0.2, 0.25) is 0 Å². The molecule has 0 bridgehead atoms. The lowest BCUT2D eigenvalue weighted by atomic mass is 9.89. The quantitative estimate of drug-likeness (QED) is 0.878. The monoisotopic (exact) mass is 304 g/mol. The third-order valence-corrected chi connectivity index (χ3v) is 4.61. The van der Waals surface area contributed by atoms with Crippen molar-refractivity contribution >= 4 is 5.91 Å². The summed E-state index contributed by atoms with van der Waals surface area (Å²) in [5, 5.41) is 3.68. The molecule has 2 atom stereocenters. The van der Waals surface area contributed by atoms with Gasteiger partial charge in [-0.25, -0.2) is 0 Å². The summed E-state index contributed by atoms with van der Waals surface area (Å²) in [5.41, 5.74) is 2.50. The number of ether oxygens (including phenoxy) is 1. The van der Waals surface area contributed by atoms with Crippen molar-refractivity contribution in [2.24, 2.45) is 5.92 Å². The van der Waals surface area contributed by atoms with Crippen LogP contribution < -0.4 is 5.32 Å². The number of likely N-dealkylation sites (tertiary alicyclic amines) is 1. The van der Waals surface area contributed by atoms with Gasteiger partial charge in [-0.15, -0.1) is 0 Å². The summed E-state index contributed by atoms with van der Waals surface area (Å²) in [6, 6.07) is 9.06. The summed E-state index contributed by atoms with van der Waals surface area (Å²) in [7, 11) is 1.72. The molecule has 2 rings (SSSR count). The third kappa shape index (κ3) is 4.55. The Balaban J connectivity index is 1.86. The van der Waals surface area contributed by atoms with E-state index < -0.39 is 0 Å². The molecule has 122 valence electrons. The molecule has 0 saturated carbocycles. The molecule has 22 heavy (non-hydrogen) atoms. The number of piperidine rings is 1. The number of nitrogens with zero attached hydrogens (tertiary/aromatic N) is 1. The molecule has 1 aliphatic rings. The van der Waals surface area contributed by atoms with E-state index in [1.807, 2.05) is 4.90 Å². The van der Waals surface area contributed by atoms with Crippen LogP contribution in [0, 0.1) is 5.92 Å². The van der Waals surface area contributed by atoms with Crippen LogP contribution in [-0.2, 0) is 22.7 Å². The zero-order valence-electron chi connectivity index (χ0n) is 14.0. The Bertz CT molecular complexity index is 472. The van der Waals surface area contributed by atoms with E-state index in [1.54, 1.807) is 14.0 Å². The minimum absolute atomic E-state index is 0.200. The molecule has 4 nitrogen and oxygen atoms in total. The topological polar surface area (TPSA) is 41.6 Å². The van der Waals surface area contributed by atoms with Gasteiger partial charge in [-0.2, -0.15) is 0 Å². The Hall–Kier alpha value is -1.39. The van der Waals surface area contributed by atoms with Crippen molar-refractivity contribution < 1.29 is 9.53 Å². The van der Waals surface area contributed by atoms with Gasteiger partial charge in [0.15, 0.2) is 0 Å². The largest absolute Gasteiger partial charge is 0.380 e. The van der Waals surface area contributed by atoms with E-state index in [2.05, 4.69) is 36.5 Å². The molecule has 0 radical (unpaired) electrons. The summed E-state index contributed by atoms with van der Waals surface area (Å²) in [4.78, 5) is 13.5. The average Bonchev–Trinajstić information content (AvgIpc) is 2.54. The normalized spacial score (nSPS) is 21.9. The average molecular weight is 304 g/mol. The standard InChI is InChI=1S/C18H28N2O2/c1-4-17-12-20(14(2)21)10-9-18(17)19-11-15-5-7-16(8-6-15)13-22-3/h5-8,17-19H,4,9-13H2,1-3H3/t17-,18-/m1/s1. The van der Waals surface area contributed by atoms with Crippen molar-refractivity contribution in [2.45, 2.75) is 45.9 Å². The Morgan fingerprint density at radius 2 is 2.00 bits per heavy atom. The molecular weight excluding hydrogens is 276 g/mol. The van der Waals surface area contributed by atoms with Gasteiger partial charge in [0.25, 0.3) is 0 Å². The van der Waals surface area contributed by atoms with E-state index >= 15 is 0 Å². The molecule has 1 aliphatic heterocycles. The van der Waals surface area contributed by atoms with Gasteiger partial charge in [0, 0.05) is 39.7 Å². The van der Waals surface area contributed by atoms with Gasteiger partial charge in [-0.1, -0.05) is 37.6 Å². The lowest BCUT2D eigenvalue weighted by Gasteiger charge is -2.38. The van der Waals surface area contributed by atoms with Crippen LogP contribution >= 0.6 is 0 Å². The lowest BCUT2D eigenvalue weighted by Crippen LogP contribution is -2.50. The number of rotatable bonds is 6. The molecular formula is C18H28N2O2. The first-order valence-electron chi connectivity index (χ1n) is 8.19. The van der Waals surface area contributed by atoms with Gasteiger partial charge in [0.2, 0.25) is 5.91 Å². The first-order chi connectivity index (χ1) is 10.6. The number of amides is 1. The summed E-state index contributed by atoms with van der Waals surface area (Å²) in [5.74, 6) is 0.746. The van der Waals surface area contributed by atoms with Crippen LogP contribution in [0.5, 0.6) is 0 Å². The highest BCUT2D eigenvalue weighted by Gasteiger charge is 2.28. The van der Waals surface area contributed by atoms with Crippen LogP contribution in [0.25, 0.3) is 0 Å². The van der Waals surface area contributed by atoms with Gasteiger partial charge in [-0.3, -0.25) is 4.79 Å². The Kier molecular flexibility index (Phi) is 6.40. The second-order valence-electron chi connectivity index (χ2n) is 6.16. The lowest BCUT2D eigenvalue weighted by molar-refractivity contribution is -0.131. The van der Waals surface area contributed by atoms with Crippen LogP contribution in [0.4, 0.5) is 0 Å². The molecule has 1 aromatic rings. The zero-order valence-corrected chi connectivity index (χ0v) is 14.0. The minimum Gasteiger partial charge on any atom is -0.380 e. The number of benzene rings is 1. The van der Waals surface area contributed by atoms with Crippen molar-refractivity contribution in [3.8, 4) is 0 Å². The first-order valence-corrected chi connectivity index (χ1v) is 8.19. The SMILES string of the molecule is CC[C@@H]1CN(C(C)=O)CC[C@H]1NCc1ccc(COC)cc1. The molecule has 1 aromatic carbocycles. The van der Waals surface area contributed by atoms with E-state index in [9.17, 15) is 4.79 Å². The van der Waals surface area contributed by atoms with Crippen LogP contribution in [0.3, 0.4) is 0 Å². The Morgan fingerprint density at radius 1 is 1.32 bits per heavy atom. The van der Waals surface area contributed by atoms with E-state index in [0.717, 1.165) is 32.5 Å².